The number of nitrogens with zero attached hydrogens (tertiary/aromatic N) is 3. The lowest BCUT2D eigenvalue weighted by Gasteiger charge is -2.05. The maximum Gasteiger partial charge on any atom is 0.200 e. The standard InChI is InChI=1S/C13H10BrN5S/c14-9-7-8(12(15)16)4-5-10(9)20-13-18-17-11-3-1-2-6-19(11)13/h1-7H,(H3,15,16). The van der Waals surface area contributed by atoms with Crippen molar-refractivity contribution in [2.75, 3.05) is 0 Å². The van der Waals surface area contributed by atoms with Gasteiger partial charge in [0.2, 0.25) is 0 Å². The Balaban J connectivity index is 1.97. The van der Waals surface area contributed by atoms with Crippen molar-refractivity contribution in [1.82, 2.24) is 14.6 Å². The second kappa shape index (κ2) is 5.26. The van der Waals surface area contributed by atoms with E-state index in [4.69, 9.17) is 11.1 Å². The molecule has 0 amide bonds. The van der Waals surface area contributed by atoms with Gasteiger partial charge in [0.25, 0.3) is 0 Å². The highest BCUT2D eigenvalue weighted by Crippen LogP contribution is 2.33. The molecular formula is C13H10BrN5S. The fourth-order valence-electron chi connectivity index (χ4n) is 1.74. The number of nitrogens with two attached hydrogens (primary N) is 1. The summed E-state index contributed by atoms with van der Waals surface area (Å²) in [5.41, 5.74) is 6.97. The molecule has 0 radical (unpaired) electrons. The number of nitrogen functional groups attached to an aromatic ring is 1. The van der Waals surface area contributed by atoms with Crippen LogP contribution in [0.3, 0.4) is 0 Å². The van der Waals surface area contributed by atoms with Crippen molar-refractivity contribution < 1.29 is 0 Å². The van der Waals surface area contributed by atoms with Gasteiger partial charge in [0, 0.05) is 21.1 Å². The smallest absolute Gasteiger partial charge is 0.200 e. The van der Waals surface area contributed by atoms with Gasteiger partial charge in [-0.25, -0.2) is 0 Å². The largest absolute Gasteiger partial charge is 0.384 e. The Morgan fingerprint density at radius 1 is 1.25 bits per heavy atom. The van der Waals surface area contributed by atoms with E-state index < -0.39 is 0 Å². The van der Waals surface area contributed by atoms with Gasteiger partial charge in [0.1, 0.15) is 5.84 Å². The molecule has 0 spiro atoms. The van der Waals surface area contributed by atoms with E-state index >= 15 is 0 Å². The number of fused-ring (bicyclic) bond motifs is 1. The molecule has 0 fully saturated rings. The molecule has 3 aromatic rings. The average Bonchev–Trinajstić information content (AvgIpc) is 2.84. The minimum Gasteiger partial charge on any atom is -0.384 e. The number of hydrogen-bond acceptors (Lipinski definition) is 4. The molecule has 3 N–H and O–H groups in total. The van der Waals surface area contributed by atoms with E-state index in [2.05, 4.69) is 26.1 Å². The van der Waals surface area contributed by atoms with Gasteiger partial charge in [0.05, 0.1) is 0 Å². The topological polar surface area (TPSA) is 80.1 Å². The summed E-state index contributed by atoms with van der Waals surface area (Å²) in [5.74, 6) is 0.0511. The molecule has 100 valence electrons. The molecule has 0 aliphatic heterocycles. The zero-order valence-corrected chi connectivity index (χ0v) is 12.6. The SMILES string of the molecule is N=C(N)c1ccc(Sc2nnc3ccccn23)c(Br)c1. The van der Waals surface area contributed by atoms with Crippen molar-refractivity contribution in [3.8, 4) is 0 Å². The molecular weight excluding hydrogens is 338 g/mol. The normalized spacial score (nSPS) is 10.8. The quantitative estimate of drug-likeness (QED) is 0.563. The van der Waals surface area contributed by atoms with Crippen LogP contribution in [0.1, 0.15) is 5.56 Å². The first kappa shape index (κ1) is 13.1. The monoisotopic (exact) mass is 347 g/mol. The van der Waals surface area contributed by atoms with Gasteiger partial charge >= 0.3 is 0 Å². The molecule has 1 aromatic carbocycles. The van der Waals surface area contributed by atoms with Crippen LogP contribution in [-0.4, -0.2) is 20.4 Å². The molecule has 7 heteroatoms. The summed E-state index contributed by atoms with van der Waals surface area (Å²) in [7, 11) is 0. The molecule has 20 heavy (non-hydrogen) atoms. The third kappa shape index (κ3) is 2.41. The minimum absolute atomic E-state index is 0.0511. The maximum atomic E-state index is 7.43. The van der Waals surface area contributed by atoms with Crippen molar-refractivity contribution in [3.05, 3.63) is 52.6 Å². The predicted molar refractivity (Wildman–Crippen MR) is 82.3 cm³/mol. The van der Waals surface area contributed by atoms with Gasteiger partial charge in [-0.3, -0.25) is 9.81 Å². The zero-order chi connectivity index (χ0) is 14.1. The lowest BCUT2D eigenvalue weighted by molar-refractivity contribution is 0.921. The highest BCUT2D eigenvalue weighted by atomic mass is 79.9. The number of aromatic nitrogens is 3. The first-order valence-corrected chi connectivity index (χ1v) is 7.37. The Morgan fingerprint density at radius 3 is 2.85 bits per heavy atom. The molecule has 2 aromatic heterocycles. The maximum absolute atomic E-state index is 7.43. The van der Waals surface area contributed by atoms with Crippen LogP contribution in [0.4, 0.5) is 0 Å². The van der Waals surface area contributed by atoms with Gasteiger partial charge in [0.15, 0.2) is 10.8 Å². The fraction of sp³-hybridized carbons (Fsp3) is 0. The summed E-state index contributed by atoms with van der Waals surface area (Å²) >= 11 is 5.00. The molecule has 0 bridgehead atoms. The summed E-state index contributed by atoms with van der Waals surface area (Å²) in [4.78, 5) is 0.994. The second-order valence-electron chi connectivity index (χ2n) is 4.07. The summed E-state index contributed by atoms with van der Waals surface area (Å²) in [6, 6.07) is 11.3. The van der Waals surface area contributed by atoms with E-state index in [9.17, 15) is 0 Å². The van der Waals surface area contributed by atoms with Crippen molar-refractivity contribution in [2.24, 2.45) is 5.73 Å². The molecule has 2 heterocycles. The summed E-state index contributed by atoms with van der Waals surface area (Å²) < 4.78 is 2.80. The Morgan fingerprint density at radius 2 is 2.10 bits per heavy atom. The molecule has 0 saturated heterocycles. The van der Waals surface area contributed by atoms with Gasteiger partial charge in [-0.1, -0.05) is 12.1 Å². The van der Waals surface area contributed by atoms with Gasteiger partial charge < -0.3 is 5.73 Å². The van der Waals surface area contributed by atoms with Gasteiger partial charge in [-0.05, 0) is 52.0 Å². The number of rotatable bonds is 3. The van der Waals surface area contributed by atoms with E-state index in [1.165, 1.54) is 11.8 Å². The predicted octanol–water partition coefficient (Wildman–Crippen LogP) is 2.93. The van der Waals surface area contributed by atoms with Crippen LogP contribution in [0, 0.1) is 5.41 Å². The van der Waals surface area contributed by atoms with Crippen molar-refractivity contribution in [1.29, 1.82) is 5.41 Å². The Kier molecular flexibility index (Phi) is 3.45. The minimum atomic E-state index is 0.0511. The zero-order valence-electron chi connectivity index (χ0n) is 10.2. The fourth-order valence-corrected chi connectivity index (χ4v) is 3.18. The van der Waals surface area contributed by atoms with Crippen LogP contribution < -0.4 is 5.73 Å². The van der Waals surface area contributed by atoms with Crippen molar-refractivity contribution in [2.45, 2.75) is 10.1 Å². The van der Waals surface area contributed by atoms with Crippen LogP contribution in [0.5, 0.6) is 0 Å². The first-order valence-electron chi connectivity index (χ1n) is 5.77. The van der Waals surface area contributed by atoms with Crippen LogP contribution in [0.25, 0.3) is 5.65 Å². The number of halogens is 1. The third-order valence-electron chi connectivity index (χ3n) is 2.73. The van der Waals surface area contributed by atoms with E-state index in [0.29, 0.717) is 5.56 Å². The lowest BCUT2D eigenvalue weighted by Crippen LogP contribution is -2.10. The summed E-state index contributed by atoms with van der Waals surface area (Å²) in [5, 5.41) is 16.5. The number of hydrogen-bond donors (Lipinski definition) is 2. The number of pyridine rings is 1. The highest BCUT2D eigenvalue weighted by molar-refractivity contribution is 9.10. The Hall–Kier alpha value is -1.86. The number of benzene rings is 1. The van der Waals surface area contributed by atoms with E-state index in [1.54, 1.807) is 0 Å². The molecule has 0 aliphatic rings. The third-order valence-corrected chi connectivity index (χ3v) is 4.68. The second-order valence-corrected chi connectivity index (χ2v) is 5.94. The van der Waals surface area contributed by atoms with Crippen LogP contribution in [-0.2, 0) is 0 Å². The molecule has 5 nitrogen and oxygen atoms in total. The molecule has 0 atom stereocenters. The first-order chi connectivity index (χ1) is 9.65. The highest BCUT2D eigenvalue weighted by Gasteiger charge is 2.10. The Labute approximate surface area is 127 Å². The van der Waals surface area contributed by atoms with E-state index in [-0.39, 0.29) is 5.84 Å². The van der Waals surface area contributed by atoms with Crippen molar-refractivity contribution >= 4 is 39.2 Å². The van der Waals surface area contributed by atoms with Crippen LogP contribution in [0.15, 0.2) is 57.1 Å². The Bertz CT molecular complexity index is 798. The number of amidine groups is 1. The van der Waals surface area contributed by atoms with Crippen molar-refractivity contribution in [3.63, 3.8) is 0 Å². The van der Waals surface area contributed by atoms with E-state index in [1.807, 2.05) is 47.0 Å². The van der Waals surface area contributed by atoms with Crippen LogP contribution in [0.2, 0.25) is 0 Å². The molecule has 0 aliphatic carbocycles. The summed E-state index contributed by atoms with van der Waals surface area (Å²) in [6.07, 6.45) is 1.93. The molecule has 0 unspecified atom stereocenters. The summed E-state index contributed by atoms with van der Waals surface area (Å²) in [6.45, 7) is 0. The average molecular weight is 348 g/mol. The van der Waals surface area contributed by atoms with E-state index in [0.717, 1.165) is 20.2 Å². The lowest BCUT2D eigenvalue weighted by atomic mass is 10.2. The van der Waals surface area contributed by atoms with Gasteiger partial charge in [-0.2, -0.15) is 0 Å². The molecule has 3 rings (SSSR count). The van der Waals surface area contributed by atoms with Gasteiger partial charge in [-0.15, -0.1) is 10.2 Å². The van der Waals surface area contributed by atoms with Crippen LogP contribution >= 0.6 is 27.7 Å². The number of nitrogens with one attached hydrogen (secondary N) is 1. The molecule has 0 saturated carbocycles.